The SMILES string of the molecule is O=C(O)[C@H]1Cc2cc([N+](=O)[O-])ccc2N2CCSC[C@H]12. The van der Waals surface area contributed by atoms with E-state index in [4.69, 9.17) is 0 Å². The Morgan fingerprint density at radius 1 is 1.50 bits per heavy atom. The zero-order chi connectivity index (χ0) is 14.3. The van der Waals surface area contributed by atoms with Gasteiger partial charge in [-0.25, -0.2) is 0 Å². The highest BCUT2D eigenvalue weighted by atomic mass is 32.2. The molecule has 0 amide bonds. The van der Waals surface area contributed by atoms with E-state index in [-0.39, 0.29) is 11.7 Å². The van der Waals surface area contributed by atoms with Crippen molar-refractivity contribution in [2.45, 2.75) is 12.5 Å². The van der Waals surface area contributed by atoms with Crippen LogP contribution in [0.2, 0.25) is 0 Å². The number of fused-ring (bicyclic) bond motifs is 3. The molecular weight excluding hydrogens is 280 g/mol. The first-order valence-corrected chi connectivity index (χ1v) is 7.58. The fraction of sp³-hybridized carbons (Fsp3) is 0.462. The number of nitro groups is 1. The summed E-state index contributed by atoms with van der Waals surface area (Å²) in [6.07, 6.45) is 0.369. The van der Waals surface area contributed by atoms with E-state index >= 15 is 0 Å². The number of carboxylic acid groups (broad SMARTS) is 1. The molecule has 2 heterocycles. The molecule has 0 aliphatic carbocycles. The van der Waals surface area contributed by atoms with Crippen molar-refractivity contribution in [1.82, 2.24) is 0 Å². The average Bonchev–Trinajstić information content (AvgIpc) is 2.45. The molecule has 1 aromatic carbocycles. The number of thioether (sulfide) groups is 1. The van der Waals surface area contributed by atoms with Gasteiger partial charge in [-0.2, -0.15) is 11.8 Å². The summed E-state index contributed by atoms with van der Waals surface area (Å²) in [5, 5.41) is 20.3. The van der Waals surface area contributed by atoms with Gasteiger partial charge in [0.15, 0.2) is 0 Å². The molecule has 2 aliphatic heterocycles. The quantitative estimate of drug-likeness (QED) is 0.661. The number of nitrogens with zero attached hydrogens (tertiary/aromatic N) is 2. The lowest BCUT2D eigenvalue weighted by molar-refractivity contribution is -0.384. The van der Waals surface area contributed by atoms with Crippen LogP contribution in [0.4, 0.5) is 11.4 Å². The van der Waals surface area contributed by atoms with Crippen molar-refractivity contribution in [3.05, 3.63) is 33.9 Å². The Hall–Kier alpha value is -1.76. The minimum atomic E-state index is -0.820. The van der Waals surface area contributed by atoms with Gasteiger partial charge in [0, 0.05) is 35.9 Å². The van der Waals surface area contributed by atoms with Crippen molar-refractivity contribution in [3.8, 4) is 0 Å². The molecule has 0 bridgehead atoms. The van der Waals surface area contributed by atoms with Crippen LogP contribution in [0.1, 0.15) is 5.56 Å². The molecule has 106 valence electrons. The fourth-order valence-corrected chi connectivity index (χ4v) is 4.16. The van der Waals surface area contributed by atoms with Gasteiger partial charge in [-0.15, -0.1) is 0 Å². The van der Waals surface area contributed by atoms with Crippen molar-refractivity contribution >= 4 is 29.1 Å². The van der Waals surface area contributed by atoms with Gasteiger partial charge in [-0.3, -0.25) is 14.9 Å². The van der Waals surface area contributed by atoms with E-state index in [2.05, 4.69) is 4.90 Å². The first kappa shape index (κ1) is 13.2. The standard InChI is InChI=1S/C13H14N2O4S/c16-13(17)10-6-8-5-9(15(18)19)1-2-11(8)14-3-4-20-7-12(10)14/h1-2,5,10,12H,3-4,6-7H2,(H,16,17)/t10-,12+/m0/s1. The summed E-state index contributed by atoms with van der Waals surface area (Å²) in [5.41, 5.74) is 1.76. The van der Waals surface area contributed by atoms with E-state index < -0.39 is 16.8 Å². The predicted octanol–water partition coefficient (Wildman–Crippen LogP) is 1.77. The Labute approximate surface area is 119 Å². The van der Waals surface area contributed by atoms with Crippen LogP contribution in [0.25, 0.3) is 0 Å². The molecule has 7 heteroatoms. The summed E-state index contributed by atoms with van der Waals surface area (Å²) < 4.78 is 0. The molecule has 0 radical (unpaired) electrons. The van der Waals surface area contributed by atoms with E-state index in [1.807, 2.05) is 0 Å². The number of nitro benzene ring substituents is 1. The van der Waals surface area contributed by atoms with Crippen molar-refractivity contribution < 1.29 is 14.8 Å². The zero-order valence-electron chi connectivity index (χ0n) is 10.7. The van der Waals surface area contributed by atoms with Crippen LogP contribution in [0.3, 0.4) is 0 Å². The number of carbonyl (C=O) groups is 1. The number of hydrogen-bond acceptors (Lipinski definition) is 5. The van der Waals surface area contributed by atoms with Gasteiger partial charge in [0.05, 0.1) is 16.9 Å². The zero-order valence-corrected chi connectivity index (χ0v) is 11.5. The third-order valence-corrected chi connectivity index (χ3v) is 5.02. The van der Waals surface area contributed by atoms with Crippen molar-refractivity contribution in [1.29, 1.82) is 0 Å². The Bertz CT molecular complexity index is 577. The van der Waals surface area contributed by atoms with Gasteiger partial charge in [-0.1, -0.05) is 0 Å². The third-order valence-electron chi connectivity index (χ3n) is 3.97. The number of rotatable bonds is 2. The van der Waals surface area contributed by atoms with Gasteiger partial charge in [-0.05, 0) is 18.1 Å². The smallest absolute Gasteiger partial charge is 0.308 e. The van der Waals surface area contributed by atoms with Gasteiger partial charge in [0.2, 0.25) is 0 Å². The second-order valence-electron chi connectivity index (χ2n) is 5.05. The lowest BCUT2D eigenvalue weighted by atomic mass is 9.86. The lowest BCUT2D eigenvalue weighted by Crippen LogP contribution is -2.52. The first-order chi connectivity index (χ1) is 9.58. The number of anilines is 1. The van der Waals surface area contributed by atoms with E-state index in [0.29, 0.717) is 6.42 Å². The summed E-state index contributed by atoms with van der Waals surface area (Å²) in [6.45, 7) is 0.796. The molecule has 2 aliphatic rings. The third kappa shape index (κ3) is 2.11. The van der Waals surface area contributed by atoms with E-state index in [9.17, 15) is 20.0 Å². The summed E-state index contributed by atoms with van der Waals surface area (Å²) >= 11 is 1.77. The van der Waals surface area contributed by atoms with Crippen LogP contribution >= 0.6 is 11.8 Å². The van der Waals surface area contributed by atoms with Crippen molar-refractivity contribution in [2.75, 3.05) is 23.0 Å². The minimum absolute atomic E-state index is 0.0137. The number of non-ortho nitro benzene ring substituents is 1. The van der Waals surface area contributed by atoms with Crippen molar-refractivity contribution in [2.24, 2.45) is 5.92 Å². The molecule has 0 unspecified atom stereocenters. The summed E-state index contributed by atoms with van der Waals surface area (Å²) in [5.74, 6) is 0.448. The van der Waals surface area contributed by atoms with Crippen LogP contribution in [-0.2, 0) is 11.2 Å². The average molecular weight is 294 g/mol. The van der Waals surface area contributed by atoms with Crippen LogP contribution in [0, 0.1) is 16.0 Å². The monoisotopic (exact) mass is 294 g/mol. The highest BCUT2D eigenvalue weighted by molar-refractivity contribution is 7.99. The number of carboxylic acids is 1. The highest BCUT2D eigenvalue weighted by Gasteiger charge is 2.40. The van der Waals surface area contributed by atoms with Gasteiger partial charge < -0.3 is 10.0 Å². The normalized spacial score (nSPS) is 24.7. The Morgan fingerprint density at radius 2 is 2.30 bits per heavy atom. The summed E-state index contributed by atoms with van der Waals surface area (Å²) in [4.78, 5) is 24.0. The molecule has 0 saturated carbocycles. The number of aliphatic carboxylic acids is 1. The Morgan fingerprint density at radius 3 is 3.00 bits per heavy atom. The second kappa shape index (κ2) is 4.97. The minimum Gasteiger partial charge on any atom is -0.481 e. The largest absolute Gasteiger partial charge is 0.481 e. The van der Waals surface area contributed by atoms with E-state index in [0.717, 1.165) is 29.3 Å². The molecule has 2 atom stereocenters. The Balaban J connectivity index is 2.04. The lowest BCUT2D eigenvalue weighted by Gasteiger charge is -2.44. The second-order valence-corrected chi connectivity index (χ2v) is 6.20. The maximum Gasteiger partial charge on any atom is 0.308 e. The molecule has 1 fully saturated rings. The topological polar surface area (TPSA) is 83.7 Å². The first-order valence-electron chi connectivity index (χ1n) is 6.42. The van der Waals surface area contributed by atoms with Crippen LogP contribution < -0.4 is 4.90 Å². The van der Waals surface area contributed by atoms with E-state index in [1.165, 1.54) is 12.1 Å². The number of benzene rings is 1. The van der Waals surface area contributed by atoms with Gasteiger partial charge >= 0.3 is 5.97 Å². The maximum absolute atomic E-state index is 11.5. The molecule has 1 saturated heterocycles. The van der Waals surface area contributed by atoms with E-state index in [1.54, 1.807) is 17.8 Å². The van der Waals surface area contributed by atoms with Crippen molar-refractivity contribution in [3.63, 3.8) is 0 Å². The van der Waals surface area contributed by atoms with Crippen LogP contribution in [-0.4, -0.2) is 40.1 Å². The molecular formula is C13H14N2O4S. The number of hydrogen-bond donors (Lipinski definition) is 1. The molecule has 0 spiro atoms. The fourth-order valence-electron chi connectivity index (χ4n) is 3.01. The molecule has 0 aromatic heterocycles. The molecule has 6 nitrogen and oxygen atoms in total. The maximum atomic E-state index is 11.5. The van der Waals surface area contributed by atoms with Crippen LogP contribution in [0.15, 0.2) is 18.2 Å². The molecule has 3 rings (SSSR count). The van der Waals surface area contributed by atoms with Crippen LogP contribution in [0.5, 0.6) is 0 Å². The molecule has 1 N–H and O–H groups in total. The molecule has 1 aromatic rings. The summed E-state index contributed by atoms with van der Waals surface area (Å²) in [6, 6.07) is 4.76. The summed E-state index contributed by atoms with van der Waals surface area (Å²) in [7, 11) is 0. The van der Waals surface area contributed by atoms with Gasteiger partial charge in [0.1, 0.15) is 0 Å². The Kier molecular flexibility index (Phi) is 3.29. The highest BCUT2D eigenvalue weighted by Crippen LogP contribution is 2.39. The molecule has 20 heavy (non-hydrogen) atoms. The van der Waals surface area contributed by atoms with Gasteiger partial charge in [0.25, 0.3) is 5.69 Å². The predicted molar refractivity (Wildman–Crippen MR) is 76.4 cm³/mol.